The van der Waals surface area contributed by atoms with Gasteiger partial charge in [-0.2, -0.15) is 5.26 Å². The highest BCUT2D eigenvalue weighted by Gasteiger charge is 2.27. The lowest BCUT2D eigenvalue weighted by Crippen LogP contribution is -2.50. The molecule has 6 nitrogen and oxygen atoms in total. The Morgan fingerprint density at radius 3 is 2.35 bits per heavy atom. The van der Waals surface area contributed by atoms with Crippen LogP contribution in [-0.4, -0.2) is 43.1 Å². The smallest absolute Gasteiger partial charge is 0.407 e. The normalized spacial score (nSPS) is 13.2. The second kappa shape index (κ2) is 9.18. The lowest BCUT2D eigenvalue weighted by Gasteiger charge is -2.28. The Bertz CT molecular complexity index is 363. The lowest BCUT2D eigenvalue weighted by atomic mass is 10.0. The zero-order valence-electron chi connectivity index (χ0n) is 13.0. The summed E-state index contributed by atoms with van der Waals surface area (Å²) >= 11 is 0. The molecule has 6 heteroatoms. The van der Waals surface area contributed by atoms with Gasteiger partial charge in [0.25, 0.3) is 0 Å². The summed E-state index contributed by atoms with van der Waals surface area (Å²) in [7, 11) is 1.27. The van der Waals surface area contributed by atoms with Crippen molar-refractivity contribution in [3.8, 4) is 6.07 Å². The first-order valence-electron chi connectivity index (χ1n) is 6.88. The molecule has 0 aliphatic heterocycles. The molecular weight excluding hydrogens is 258 g/mol. The number of alkyl carbamates (subject to hydrolysis) is 1. The van der Waals surface area contributed by atoms with Crippen molar-refractivity contribution in [2.75, 3.05) is 20.2 Å². The van der Waals surface area contributed by atoms with E-state index in [0.717, 1.165) is 0 Å². The number of carbonyl (C=O) groups excluding carboxylic acids is 2. The highest BCUT2D eigenvalue weighted by Crippen LogP contribution is 2.10. The first-order valence-corrected chi connectivity index (χ1v) is 6.88. The van der Waals surface area contributed by atoms with Gasteiger partial charge in [-0.05, 0) is 26.2 Å². The van der Waals surface area contributed by atoms with Crippen LogP contribution in [0.3, 0.4) is 0 Å². The number of nitrogens with one attached hydrogen (secondary N) is 1. The Kier molecular flexibility index (Phi) is 8.37. The number of carbonyl (C=O) groups is 2. The van der Waals surface area contributed by atoms with E-state index in [1.807, 2.05) is 20.8 Å². The van der Waals surface area contributed by atoms with Crippen LogP contribution in [-0.2, 0) is 9.53 Å². The maximum atomic E-state index is 12.5. The summed E-state index contributed by atoms with van der Waals surface area (Å²) < 4.78 is 4.55. The van der Waals surface area contributed by atoms with Crippen LogP contribution in [0, 0.1) is 23.2 Å². The molecule has 0 aromatic carbocycles. The molecule has 0 aromatic rings. The lowest BCUT2D eigenvalue weighted by molar-refractivity contribution is -0.133. The average Bonchev–Trinajstić information content (AvgIpc) is 2.42. The molecule has 20 heavy (non-hydrogen) atoms. The van der Waals surface area contributed by atoms with Crippen LogP contribution < -0.4 is 5.32 Å². The fourth-order valence-electron chi connectivity index (χ4n) is 1.86. The molecular formula is C14H25N3O3. The fourth-order valence-corrected chi connectivity index (χ4v) is 1.86. The van der Waals surface area contributed by atoms with Gasteiger partial charge in [-0.25, -0.2) is 4.79 Å². The van der Waals surface area contributed by atoms with E-state index in [9.17, 15) is 9.59 Å². The quantitative estimate of drug-likeness (QED) is 0.772. The van der Waals surface area contributed by atoms with Gasteiger partial charge in [0.2, 0.25) is 5.91 Å². The van der Waals surface area contributed by atoms with Gasteiger partial charge in [-0.3, -0.25) is 4.79 Å². The monoisotopic (exact) mass is 283 g/mol. The van der Waals surface area contributed by atoms with E-state index in [-0.39, 0.29) is 17.7 Å². The van der Waals surface area contributed by atoms with Gasteiger partial charge in [0.1, 0.15) is 6.04 Å². The van der Waals surface area contributed by atoms with Gasteiger partial charge < -0.3 is 15.0 Å². The van der Waals surface area contributed by atoms with E-state index in [4.69, 9.17) is 5.26 Å². The molecule has 114 valence electrons. The number of rotatable bonds is 7. The van der Waals surface area contributed by atoms with Crippen molar-refractivity contribution in [1.82, 2.24) is 10.2 Å². The van der Waals surface area contributed by atoms with Crippen LogP contribution >= 0.6 is 0 Å². The number of hydrogen-bond donors (Lipinski definition) is 1. The molecule has 0 unspecified atom stereocenters. The summed E-state index contributed by atoms with van der Waals surface area (Å²) in [6, 6.07) is 1.49. The first kappa shape index (κ1) is 18.2. The summed E-state index contributed by atoms with van der Waals surface area (Å²) in [6.07, 6.45) is -0.0841. The Labute approximate surface area is 121 Å². The molecule has 0 saturated carbocycles. The molecule has 1 N–H and O–H groups in total. The zero-order valence-corrected chi connectivity index (χ0v) is 13.0. The fraction of sp³-hybridized carbons (Fsp3) is 0.786. The first-order chi connectivity index (χ1) is 9.35. The van der Waals surface area contributed by atoms with E-state index < -0.39 is 12.1 Å². The van der Waals surface area contributed by atoms with Crippen LogP contribution in [0.25, 0.3) is 0 Å². The Morgan fingerprint density at radius 1 is 1.35 bits per heavy atom. The number of nitrogens with zero attached hydrogens (tertiary/aromatic N) is 2. The highest BCUT2D eigenvalue weighted by molar-refractivity contribution is 5.85. The molecule has 2 amide bonds. The van der Waals surface area contributed by atoms with Crippen LogP contribution in [0.15, 0.2) is 0 Å². The van der Waals surface area contributed by atoms with Crippen molar-refractivity contribution in [1.29, 1.82) is 5.26 Å². The van der Waals surface area contributed by atoms with Crippen molar-refractivity contribution in [2.45, 2.75) is 40.2 Å². The van der Waals surface area contributed by atoms with Gasteiger partial charge in [0, 0.05) is 13.1 Å². The molecule has 0 fully saturated rings. The second-order valence-electron chi connectivity index (χ2n) is 5.23. The van der Waals surface area contributed by atoms with Crippen molar-refractivity contribution in [2.24, 2.45) is 11.8 Å². The van der Waals surface area contributed by atoms with Crippen LogP contribution in [0.2, 0.25) is 0 Å². The van der Waals surface area contributed by atoms with Crippen molar-refractivity contribution in [3.05, 3.63) is 0 Å². The summed E-state index contributed by atoms with van der Waals surface area (Å²) in [5.74, 6) is -0.154. The van der Waals surface area contributed by atoms with E-state index in [1.165, 1.54) is 7.11 Å². The summed E-state index contributed by atoms with van der Waals surface area (Å²) in [5.41, 5.74) is 0. The van der Waals surface area contributed by atoms with Crippen molar-refractivity contribution >= 4 is 12.0 Å². The molecule has 0 aliphatic carbocycles. The number of amides is 2. The molecule has 0 heterocycles. The Morgan fingerprint density at radius 2 is 1.95 bits per heavy atom. The molecule has 0 saturated heterocycles. The molecule has 0 aliphatic rings. The minimum atomic E-state index is -0.617. The largest absolute Gasteiger partial charge is 0.453 e. The van der Waals surface area contributed by atoms with E-state index in [2.05, 4.69) is 16.1 Å². The van der Waals surface area contributed by atoms with Crippen LogP contribution in [0.5, 0.6) is 0 Å². The van der Waals surface area contributed by atoms with Crippen LogP contribution in [0.1, 0.15) is 34.1 Å². The van der Waals surface area contributed by atoms with Gasteiger partial charge >= 0.3 is 6.09 Å². The van der Waals surface area contributed by atoms with E-state index in [1.54, 1.807) is 11.8 Å². The molecule has 0 aromatic heterocycles. The van der Waals surface area contributed by atoms with Crippen LogP contribution in [0.4, 0.5) is 4.79 Å². The number of hydrogen-bond acceptors (Lipinski definition) is 4. The maximum absolute atomic E-state index is 12.5. The SMILES string of the molecule is CCN(C[C@@H](C)C#N)C(=O)[C@H](CC(C)C)NC(=O)OC. The molecule has 2 atom stereocenters. The zero-order chi connectivity index (χ0) is 15.7. The number of nitriles is 1. The van der Waals surface area contributed by atoms with E-state index in [0.29, 0.717) is 19.5 Å². The number of ether oxygens (including phenoxy) is 1. The van der Waals surface area contributed by atoms with Crippen molar-refractivity contribution in [3.63, 3.8) is 0 Å². The molecule has 0 spiro atoms. The third-order valence-electron chi connectivity index (χ3n) is 2.89. The predicted molar refractivity (Wildman–Crippen MR) is 75.8 cm³/mol. The third-order valence-corrected chi connectivity index (χ3v) is 2.89. The average molecular weight is 283 g/mol. The standard InChI is InChI=1S/C14H25N3O3/c1-6-17(9-11(4)8-15)13(18)12(7-10(2)3)16-14(19)20-5/h10-12H,6-7,9H2,1-5H3,(H,16,19)/t11-,12-/m0/s1. The third kappa shape index (κ3) is 6.41. The van der Waals surface area contributed by atoms with E-state index >= 15 is 0 Å². The number of likely N-dealkylation sites (N-methyl/N-ethyl adjacent to an activating group) is 1. The molecule has 0 rings (SSSR count). The van der Waals surface area contributed by atoms with Gasteiger partial charge in [0.05, 0.1) is 19.1 Å². The Hall–Kier alpha value is -1.77. The summed E-state index contributed by atoms with van der Waals surface area (Å²) in [6.45, 7) is 8.44. The number of methoxy groups -OCH3 is 1. The molecule has 0 radical (unpaired) electrons. The van der Waals surface area contributed by atoms with Gasteiger partial charge in [-0.15, -0.1) is 0 Å². The Balaban J connectivity index is 4.88. The summed E-state index contributed by atoms with van der Waals surface area (Å²) in [4.78, 5) is 25.4. The summed E-state index contributed by atoms with van der Waals surface area (Å²) in [5, 5.41) is 11.4. The maximum Gasteiger partial charge on any atom is 0.407 e. The molecule has 0 bridgehead atoms. The highest BCUT2D eigenvalue weighted by atomic mass is 16.5. The van der Waals surface area contributed by atoms with Gasteiger partial charge in [0.15, 0.2) is 0 Å². The van der Waals surface area contributed by atoms with Crippen molar-refractivity contribution < 1.29 is 14.3 Å². The topological polar surface area (TPSA) is 82.4 Å². The second-order valence-corrected chi connectivity index (χ2v) is 5.23. The minimum absolute atomic E-state index is 0.172. The predicted octanol–water partition coefficient (Wildman–Crippen LogP) is 1.77. The van der Waals surface area contributed by atoms with Gasteiger partial charge in [-0.1, -0.05) is 13.8 Å². The minimum Gasteiger partial charge on any atom is -0.453 e.